The minimum Gasteiger partial charge on any atom is -0.500 e. The van der Waals surface area contributed by atoms with E-state index in [4.69, 9.17) is 16.2 Å². The van der Waals surface area contributed by atoms with Crippen LogP contribution in [0.3, 0.4) is 0 Å². The fourth-order valence-corrected chi connectivity index (χ4v) is 1.87. The van der Waals surface area contributed by atoms with Gasteiger partial charge in [-0.3, -0.25) is 0 Å². The quantitative estimate of drug-likeness (QED) is 0.554. The van der Waals surface area contributed by atoms with Crippen LogP contribution in [0, 0.1) is 0 Å². The number of aromatic nitrogens is 1. The smallest absolute Gasteiger partial charge is 0.105 e. The lowest BCUT2D eigenvalue weighted by molar-refractivity contribution is 0.266. The molecule has 0 bridgehead atoms. The molecule has 4 heteroatoms. The molecule has 0 amide bonds. The molecule has 0 spiro atoms. The summed E-state index contributed by atoms with van der Waals surface area (Å²) in [7, 11) is 1.58. The van der Waals surface area contributed by atoms with Crippen molar-refractivity contribution in [2.75, 3.05) is 12.8 Å². The van der Waals surface area contributed by atoms with Gasteiger partial charge in [0.15, 0.2) is 0 Å². The number of nitrogen functional groups attached to an aromatic ring is 1. The van der Waals surface area contributed by atoms with Gasteiger partial charge in [0.25, 0.3) is 0 Å². The van der Waals surface area contributed by atoms with Crippen molar-refractivity contribution in [2.24, 2.45) is 5.73 Å². The van der Waals surface area contributed by atoms with Crippen LogP contribution in [-0.2, 0) is 11.2 Å². The fraction of sp³-hybridized carbons (Fsp3) is 0.231. The second-order valence-corrected chi connectivity index (χ2v) is 4.10. The van der Waals surface area contributed by atoms with E-state index in [1.54, 1.807) is 7.11 Å². The number of ether oxygens (including phenoxy) is 1. The van der Waals surface area contributed by atoms with Crippen molar-refractivity contribution in [1.29, 1.82) is 0 Å². The van der Waals surface area contributed by atoms with Crippen LogP contribution in [0.1, 0.15) is 5.56 Å². The Kier molecular flexibility index (Phi) is 3.06. The Bertz CT molecular complexity index is 545. The number of nitrogens with one attached hydrogen (secondary N) is 1. The molecule has 4 nitrogen and oxygen atoms in total. The van der Waals surface area contributed by atoms with Crippen molar-refractivity contribution in [2.45, 2.75) is 12.5 Å². The number of H-pyrrole nitrogens is 1. The summed E-state index contributed by atoms with van der Waals surface area (Å²) in [5, 5.41) is 1.14. The summed E-state index contributed by atoms with van der Waals surface area (Å²) in [6, 6.07) is 5.60. The Labute approximate surface area is 100 Å². The van der Waals surface area contributed by atoms with Gasteiger partial charge in [0, 0.05) is 22.8 Å². The predicted octanol–water partition coefficient (Wildman–Crippen LogP) is 1.78. The summed E-state index contributed by atoms with van der Waals surface area (Å²) < 4.78 is 5.04. The maximum Gasteiger partial charge on any atom is 0.105 e. The number of benzene rings is 1. The second kappa shape index (κ2) is 4.51. The summed E-state index contributed by atoms with van der Waals surface area (Å²) in [4.78, 5) is 3.19. The largest absolute Gasteiger partial charge is 0.500 e. The molecule has 1 aromatic heterocycles. The van der Waals surface area contributed by atoms with Crippen molar-refractivity contribution in [3.05, 3.63) is 42.3 Å². The van der Waals surface area contributed by atoms with E-state index in [9.17, 15) is 0 Å². The van der Waals surface area contributed by atoms with Crippen molar-refractivity contribution in [3.8, 4) is 0 Å². The Morgan fingerprint density at radius 2 is 2.29 bits per heavy atom. The maximum atomic E-state index is 5.98. The standard InChI is InChI=1S/C13H17N3O/c1-8(17-2)12(15)5-9-7-16-13-6-10(14)3-4-11(9)13/h3-4,6-7,12,16H,1,5,14-15H2,2H3/t12-/m0/s1. The first-order valence-electron chi connectivity index (χ1n) is 5.45. The topological polar surface area (TPSA) is 77.1 Å². The van der Waals surface area contributed by atoms with Gasteiger partial charge in [-0.15, -0.1) is 0 Å². The van der Waals surface area contributed by atoms with Crippen LogP contribution < -0.4 is 11.5 Å². The summed E-state index contributed by atoms with van der Waals surface area (Å²) in [5.41, 5.74) is 14.6. The molecule has 1 atom stereocenters. The van der Waals surface area contributed by atoms with Crippen LogP contribution >= 0.6 is 0 Å². The summed E-state index contributed by atoms with van der Waals surface area (Å²) in [6.07, 6.45) is 2.64. The first-order valence-corrected chi connectivity index (χ1v) is 5.45. The number of methoxy groups -OCH3 is 1. The highest BCUT2D eigenvalue weighted by atomic mass is 16.5. The number of hydrogen-bond acceptors (Lipinski definition) is 3. The molecule has 0 saturated carbocycles. The van der Waals surface area contributed by atoms with Gasteiger partial charge in [-0.1, -0.05) is 12.6 Å². The molecule has 0 aliphatic heterocycles. The lowest BCUT2D eigenvalue weighted by Crippen LogP contribution is -2.25. The predicted molar refractivity (Wildman–Crippen MR) is 70.5 cm³/mol. The second-order valence-electron chi connectivity index (χ2n) is 4.10. The maximum absolute atomic E-state index is 5.98. The highest BCUT2D eigenvalue weighted by molar-refractivity contribution is 5.85. The van der Waals surface area contributed by atoms with E-state index < -0.39 is 0 Å². The summed E-state index contributed by atoms with van der Waals surface area (Å²) >= 11 is 0. The van der Waals surface area contributed by atoms with Gasteiger partial charge < -0.3 is 21.2 Å². The zero-order chi connectivity index (χ0) is 12.4. The zero-order valence-corrected chi connectivity index (χ0v) is 9.86. The Morgan fingerprint density at radius 3 is 3.00 bits per heavy atom. The van der Waals surface area contributed by atoms with Crippen LogP contribution in [0.2, 0.25) is 0 Å². The van der Waals surface area contributed by atoms with Crippen molar-refractivity contribution in [3.63, 3.8) is 0 Å². The third-order valence-electron chi connectivity index (χ3n) is 2.91. The number of rotatable bonds is 4. The summed E-state index contributed by atoms with van der Waals surface area (Å²) in [6.45, 7) is 3.77. The molecule has 0 radical (unpaired) electrons. The molecular formula is C13H17N3O. The minimum absolute atomic E-state index is 0.198. The first-order chi connectivity index (χ1) is 8.11. The average molecular weight is 231 g/mol. The Balaban J connectivity index is 2.28. The van der Waals surface area contributed by atoms with E-state index in [2.05, 4.69) is 11.6 Å². The fourth-order valence-electron chi connectivity index (χ4n) is 1.87. The van der Waals surface area contributed by atoms with Crippen LogP contribution in [0.15, 0.2) is 36.7 Å². The van der Waals surface area contributed by atoms with Crippen molar-refractivity contribution >= 4 is 16.6 Å². The highest BCUT2D eigenvalue weighted by Crippen LogP contribution is 2.22. The van der Waals surface area contributed by atoms with Gasteiger partial charge in [-0.2, -0.15) is 0 Å². The molecule has 0 unspecified atom stereocenters. The SMILES string of the molecule is C=C(OC)[C@@H](N)Cc1c[nH]c2cc(N)ccc12. The monoisotopic (exact) mass is 231 g/mol. The zero-order valence-electron chi connectivity index (χ0n) is 9.86. The molecule has 0 aliphatic carbocycles. The third-order valence-corrected chi connectivity index (χ3v) is 2.91. The molecule has 2 aromatic rings. The van der Waals surface area contributed by atoms with Crippen LogP contribution in [0.4, 0.5) is 5.69 Å². The number of hydrogen-bond donors (Lipinski definition) is 3. The van der Waals surface area contributed by atoms with Crippen LogP contribution in [-0.4, -0.2) is 18.1 Å². The Morgan fingerprint density at radius 1 is 1.53 bits per heavy atom. The molecule has 90 valence electrons. The van der Waals surface area contributed by atoms with Gasteiger partial charge in [0.05, 0.1) is 13.2 Å². The molecule has 0 aliphatic rings. The van der Waals surface area contributed by atoms with Gasteiger partial charge in [0.1, 0.15) is 5.76 Å². The van der Waals surface area contributed by atoms with Gasteiger partial charge in [0.2, 0.25) is 0 Å². The number of nitrogens with two attached hydrogens (primary N) is 2. The number of anilines is 1. The van der Waals surface area contributed by atoms with Gasteiger partial charge in [-0.05, 0) is 24.1 Å². The van der Waals surface area contributed by atoms with E-state index in [1.807, 2.05) is 24.4 Å². The molecule has 17 heavy (non-hydrogen) atoms. The lowest BCUT2D eigenvalue weighted by atomic mass is 10.0. The van der Waals surface area contributed by atoms with E-state index in [0.29, 0.717) is 12.2 Å². The van der Waals surface area contributed by atoms with E-state index in [1.165, 1.54) is 0 Å². The normalized spacial score (nSPS) is 12.6. The van der Waals surface area contributed by atoms with Crippen LogP contribution in [0.25, 0.3) is 10.9 Å². The first kappa shape index (κ1) is 11.5. The van der Waals surface area contributed by atoms with E-state index >= 15 is 0 Å². The Hall–Kier alpha value is -1.94. The molecule has 5 N–H and O–H groups in total. The molecule has 0 saturated heterocycles. The van der Waals surface area contributed by atoms with Crippen molar-refractivity contribution in [1.82, 2.24) is 4.98 Å². The number of aromatic amines is 1. The van der Waals surface area contributed by atoms with Crippen LogP contribution in [0.5, 0.6) is 0 Å². The molecule has 0 fully saturated rings. The third kappa shape index (κ3) is 2.26. The number of fused-ring (bicyclic) bond motifs is 1. The molecule has 2 rings (SSSR count). The minimum atomic E-state index is -0.198. The molecule has 1 aromatic carbocycles. The molecular weight excluding hydrogens is 214 g/mol. The summed E-state index contributed by atoms with van der Waals surface area (Å²) in [5.74, 6) is 0.592. The van der Waals surface area contributed by atoms with E-state index in [-0.39, 0.29) is 6.04 Å². The molecule has 1 heterocycles. The van der Waals surface area contributed by atoms with Crippen molar-refractivity contribution < 1.29 is 4.74 Å². The highest BCUT2D eigenvalue weighted by Gasteiger charge is 2.11. The lowest BCUT2D eigenvalue weighted by Gasteiger charge is -2.12. The van der Waals surface area contributed by atoms with Gasteiger partial charge >= 0.3 is 0 Å². The van der Waals surface area contributed by atoms with Gasteiger partial charge in [-0.25, -0.2) is 0 Å². The van der Waals surface area contributed by atoms with E-state index in [0.717, 1.165) is 22.2 Å². The average Bonchev–Trinajstić information content (AvgIpc) is 2.70.